The van der Waals surface area contributed by atoms with Crippen LogP contribution in [0.25, 0.3) is 0 Å². The molecule has 1 saturated heterocycles. The smallest absolute Gasteiger partial charge is 0.328 e. The average Bonchev–Trinajstić information content (AvgIpc) is 3.08. The quantitative estimate of drug-likeness (QED) is 0.606. The molecule has 1 aliphatic heterocycles. The van der Waals surface area contributed by atoms with E-state index in [1.165, 1.54) is 4.90 Å². The topological polar surface area (TPSA) is 82.4 Å². The largest absolute Gasteiger partial charge is 0.459 e. The first-order chi connectivity index (χ1) is 12.0. The predicted octanol–water partition coefficient (Wildman–Crippen LogP) is 2.21. The molecule has 1 N–H and O–H groups in total. The second kappa shape index (κ2) is 9.07. The summed E-state index contributed by atoms with van der Waals surface area (Å²) in [7, 11) is 0. The van der Waals surface area contributed by atoms with Crippen molar-refractivity contribution in [1.29, 1.82) is 5.26 Å². The van der Waals surface area contributed by atoms with E-state index >= 15 is 0 Å². The van der Waals surface area contributed by atoms with E-state index < -0.39 is 18.1 Å². The molecule has 6 heteroatoms. The Morgan fingerprint density at radius 3 is 2.72 bits per heavy atom. The van der Waals surface area contributed by atoms with Gasteiger partial charge in [0.25, 0.3) is 0 Å². The van der Waals surface area contributed by atoms with E-state index in [-0.39, 0.29) is 18.4 Å². The van der Waals surface area contributed by atoms with Crippen LogP contribution in [0.3, 0.4) is 0 Å². The van der Waals surface area contributed by atoms with Crippen molar-refractivity contribution in [3.63, 3.8) is 0 Å². The van der Waals surface area contributed by atoms with Crippen LogP contribution in [0.15, 0.2) is 30.3 Å². The number of carbonyl (C=O) groups excluding carboxylic acids is 2. The van der Waals surface area contributed by atoms with Gasteiger partial charge in [-0.25, -0.2) is 4.79 Å². The molecule has 0 bridgehead atoms. The summed E-state index contributed by atoms with van der Waals surface area (Å²) in [6, 6.07) is 8.24. The van der Waals surface area contributed by atoms with E-state index in [9.17, 15) is 9.59 Å². The number of nitrogens with one attached hydrogen (secondary N) is 1. The van der Waals surface area contributed by atoms with E-state index in [2.05, 4.69) is 5.32 Å². The molecule has 0 radical (unpaired) electrons. The molecule has 0 saturated carbocycles. The minimum Gasteiger partial charge on any atom is -0.459 e. The number of hydrogen-bond donors (Lipinski definition) is 1. The molecule has 0 aromatic heterocycles. The SMILES string of the molecule is CC(C)C[C@H](NC(=O)C1CCCN1C#N)C(=O)OCc1ccccc1. The van der Waals surface area contributed by atoms with Crippen LogP contribution < -0.4 is 5.32 Å². The Morgan fingerprint density at radius 2 is 2.08 bits per heavy atom. The third-order valence-corrected chi connectivity index (χ3v) is 4.22. The molecule has 1 amide bonds. The summed E-state index contributed by atoms with van der Waals surface area (Å²) < 4.78 is 5.38. The first-order valence-corrected chi connectivity index (χ1v) is 8.68. The fourth-order valence-corrected chi connectivity index (χ4v) is 2.94. The summed E-state index contributed by atoms with van der Waals surface area (Å²) in [5.41, 5.74) is 0.900. The maximum absolute atomic E-state index is 12.5. The zero-order valence-electron chi connectivity index (χ0n) is 14.8. The summed E-state index contributed by atoms with van der Waals surface area (Å²) in [5, 5.41) is 11.9. The van der Waals surface area contributed by atoms with Crippen molar-refractivity contribution < 1.29 is 14.3 Å². The first kappa shape index (κ1) is 18.8. The molecule has 2 atom stereocenters. The zero-order chi connectivity index (χ0) is 18.2. The van der Waals surface area contributed by atoms with Gasteiger partial charge in [0.2, 0.25) is 5.91 Å². The standard InChI is InChI=1S/C19H25N3O3/c1-14(2)11-16(19(24)25-12-15-7-4-3-5-8-15)21-18(23)17-9-6-10-22(17)13-20/h3-5,7-8,14,16-17H,6,9-12H2,1-2H3,(H,21,23)/t16-,17?/m0/s1. The Bertz CT molecular complexity index is 625. The summed E-state index contributed by atoms with van der Waals surface area (Å²) in [6.45, 7) is 4.74. The number of carbonyl (C=O) groups is 2. The molecule has 134 valence electrons. The molecule has 0 aliphatic carbocycles. The van der Waals surface area contributed by atoms with Gasteiger partial charge < -0.3 is 10.1 Å². The Morgan fingerprint density at radius 1 is 1.36 bits per heavy atom. The van der Waals surface area contributed by atoms with Crippen LogP contribution in [-0.2, 0) is 20.9 Å². The van der Waals surface area contributed by atoms with Gasteiger partial charge in [0.15, 0.2) is 6.19 Å². The lowest BCUT2D eigenvalue weighted by atomic mass is 10.0. The number of esters is 1. The van der Waals surface area contributed by atoms with Crippen molar-refractivity contribution in [3.05, 3.63) is 35.9 Å². The molecule has 6 nitrogen and oxygen atoms in total. The molecule has 1 unspecified atom stereocenters. The maximum atomic E-state index is 12.5. The molecule has 2 rings (SSSR count). The Hall–Kier alpha value is -2.55. The van der Waals surface area contributed by atoms with Gasteiger partial charge in [-0.3, -0.25) is 9.69 Å². The van der Waals surface area contributed by atoms with Crippen molar-refractivity contribution in [2.24, 2.45) is 5.92 Å². The van der Waals surface area contributed by atoms with Crippen LogP contribution in [0.2, 0.25) is 0 Å². The number of nitriles is 1. The first-order valence-electron chi connectivity index (χ1n) is 8.68. The van der Waals surface area contributed by atoms with Crippen molar-refractivity contribution in [1.82, 2.24) is 10.2 Å². The normalized spacial score (nSPS) is 17.8. The minimum absolute atomic E-state index is 0.178. The molecule has 1 aromatic rings. The average molecular weight is 343 g/mol. The fraction of sp³-hybridized carbons (Fsp3) is 0.526. The highest BCUT2D eigenvalue weighted by molar-refractivity contribution is 5.87. The van der Waals surface area contributed by atoms with E-state index in [1.54, 1.807) is 0 Å². The Kier molecular flexibility index (Phi) is 6.81. The van der Waals surface area contributed by atoms with E-state index in [0.29, 0.717) is 19.4 Å². The molecule has 1 aliphatic rings. The lowest BCUT2D eigenvalue weighted by Crippen LogP contribution is -2.49. The van der Waals surface area contributed by atoms with Gasteiger partial charge in [-0.2, -0.15) is 5.26 Å². The van der Waals surface area contributed by atoms with E-state index in [1.807, 2.05) is 50.4 Å². The van der Waals surface area contributed by atoms with Crippen LogP contribution in [0.5, 0.6) is 0 Å². The minimum atomic E-state index is -0.697. The van der Waals surface area contributed by atoms with Gasteiger partial charge >= 0.3 is 5.97 Å². The van der Waals surface area contributed by atoms with Crippen molar-refractivity contribution in [3.8, 4) is 6.19 Å². The van der Waals surface area contributed by atoms with Gasteiger partial charge in [0, 0.05) is 6.54 Å². The van der Waals surface area contributed by atoms with Gasteiger partial charge in [0.05, 0.1) is 0 Å². The molecular formula is C19H25N3O3. The molecular weight excluding hydrogens is 318 g/mol. The van der Waals surface area contributed by atoms with Crippen LogP contribution >= 0.6 is 0 Å². The number of benzene rings is 1. The molecule has 1 heterocycles. The number of ether oxygens (including phenoxy) is 1. The fourth-order valence-electron chi connectivity index (χ4n) is 2.94. The van der Waals surface area contributed by atoms with E-state index in [4.69, 9.17) is 10.00 Å². The highest BCUT2D eigenvalue weighted by atomic mass is 16.5. The summed E-state index contributed by atoms with van der Waals surface area (Å²) in [4.78, 5) is 26.4. The van der Waals surface area contributed by atoms with Crippen LogP contribution in [0, 0.1) is 17.4 Å². The second-order valence-electron chi connectivity index (χ2n) is 6.74. The van der Waals surface area contributed by atoms with Crippen LogP contribution in [-0.4, -0.2) is 35.4 Å². The second-order valence-corrected chi connectivity index (χ2v) is 6.74. The molecule has 1 fully saturated rings. The number of rotatable bonds is 7. The number of hydrogen-bond acceptors (Lipinski definition) is 5. The Labute approximate surface area is 148 Å². The van der Waals surface area contributed by atoms with Gasteiger partial charge in [-0.05, 0) is 30.7 Å². The van der Waals surface area contributed by atoms with Crippen molar-refractivity contribution in [2.45, 2.75) is 51.8 Å². The molecule has 0 spiro atoms. The van der Waals surface area contributed by atoms with Crippen LogP contribution in [0.1, 0.15) is 38.7 Å². The third-order valence-electron chi connectivity index (χ3n) is 4.22. The summed E-state index contributed by atoms with van der Waals surface area (Å²) >= 11 is 0. The van der Waals surface area contributed by atoms with Gasteiger partial charge in [-0.15, -0.1) is 0 Å². The lowest BCUT2D eigenvalue weighted by Gasteiger charge is -2.23. The number of nitrogens with zero attached hydrogens (tertiary/aromatic N) is 2. The van der Waals surface area contributed by atoms with Gasteiger partial charge in [-0.1, -0.05) is 44.2 Å². The van der Waals surface area contributed by atoms with Crippen molar-refractivity contribution in [2.75, 3.05) is 6.54 Å². The van der Waals surface area contributed by atoms with Crippen molar-refractivity contribution >= 4 is 11.9 Å². The monoisotopic (exact) mass is 343 g/mol. The summed E-state index contributed by atoms with van der Waals surface area (Å²) in [6.07, 6.45) is 3.98. The maximum Gasteiger partial charge on any atom is 0.328 e. The third kappa shape index (κ3) is 5.49. The van der Waals surface area contributed by atoms with E-state index in [0.717, 1.165) is 12.0 Å². The highest BCUT2D eigenvalue weighted by Crippen LogP contribution is 2.17. The number of likely N-dealkylation sites (tertiary alicyclic amines) is 1. The summed E-state index contributed by atoms with van der Waals surface area (Å²) in [5.74, 6) is -0.487. The molecule has 25 heavy (non-hydrogen) atoms. The Balaban J connectivity index is 1.96. The predicted molar refractivity (Wildman–Crippen MR) is 93.0 cm³/mol. The lowest BCUT2D eigenvalue weighted by molar-refractivity contribution is -0.150. The number of amides is 1. The van der Waals surface area contributed by atoms with Crippen LogP contribution in [0.4, 0.5) is 0 Å². The highest BCUT2D eigenvalue weighted by Gasteiger charge is 2.33. The zero-order valence-corrected chi connectivity index (χ0v) is 14.8. The molecule has 1 aromatic carbocycles. The van der Waals surface area contributed by atoms with Gasteiger partial charge in [0.1, 0.15) is 18.7 Å².